The van der Waals surface area contributed by atoms with E-state index in [2.05, 4.69) is 10.6 Å². The highest BCUT2D eigenvalue weighted by atomic mass is 16.1. The molecule has 0 atom stereocenters. The first kappa shape index (κ1) is 6.68. The maximum atomic E-state index is 9.49. The Balaban J connectivity index is 3.06. The first-order valence-electron chi connectivity index (χ1n) is 1.96. The SMILES string of the molecule is O=CN/C=C\NC=O. The monoisotopic (exact) mass is 114 g/mol. The molecule has 0 aliphatic carbocycles. The largest absolute Gasteiger partial charge is 0.334 e. The van der Waals surface area contributed by atoms with Gasteiger partial charge in [0.05, 0.1) is 0 Å². The van der Waals surface area contributed by atoms with Crippen molar-refractivity contribution in [3.05, 3.63) is 12.4 Å². The number of hydrogen-bond acceptors (Lipinski definition) is 2. The zero-order valence-corrected chi connectivity index (χ0v) is 4.13. The van der Waals surface area contributed by atoms with Crippen LogP contribution in [0.4, 0.5) is 0 Å². The van der Waals surface area contributed by atoms with Crippen LogP contribution in [0.25, 0.3) is 0 Å². The van der Waals surface area contributed by atoms with Crippen molar-refractivity contribution in [1.29, 1.82) is 0 Å². The summed E-state index contributed by atoms with van der Waals surface area (Å²) in [6.45, 7) is 0. The van der Waals surface area contributed by atoms with E-state index in [1.54, 1.807) is 0 Å². The van der Waals surface area contributed by atoms with Crippen LogP contribution in [0, 0.1) is 0 Å². The summed E-state index contributed by atoms with van der Waals surface area (Å²) in [5.41, 5.74) is 0. The van der Waals surface area contributed by atoms with E-state index < -0.39 is 0 Å². The predicted octanol–water partition coefficient (Wildman–Crippen LogP) is -1.05. The Morgan fingerprint density at radius 2 is 1.25 bits per heavy atom. The minimum atomic E-state index is 0.503. The summed E-state index contributed by atoms with van der Waals surface area (Å²) < 4.78 is 0. The summed E-state index contributed by atoms with van der Waals surface area (Å²) in [5, 5.41) is 4.40. The minimum Gasteiger partial charge on any atom is -0.334 e. The molecule has 0 spiro atoms. The van der Waals surface area contributed by atoms with Gasteiger partial charge in [0.1, 0.15) is 0 Å². The zero-order chi connectivity index (χ0) is 6.24. The van der Waals surface area contributed by atoms with E-state index in [0.29, 0.717) is 12.8 Å². The van der Waals surface area contributed by atoms with Crippen LogP contribution in [0.2, 0.25) is 0 Å². The van der Waals surface area contributed by atoms with Crippen LogP contribution < -0.4 is 10.6 Å². The Bertz CT molecular complexity index is 88.2. The van der Waals surface area contributed by atoms with E-state index in [1.165, 1.54) is 12.4 Å². The summed E-state index contributed by atoms with van der Waals surface area (Å²) in [4.78, 5) is 19.0. The van der Waals surface area contributed by atoms with Crippen molar-refractivity contribution in [1.82, 2.24) is 10.6 Å². The average Bonchev–Trinajstić information content (AvgIpc) is 1.81. The molecule has 4 heteroatoms. The molecule has 0 aliphatic rings. The Hall–Kier alpha value is -1.32. The molecule has 8 heavy (non-hydrogen) atoms. The van der Waals surface area contributed by atoms with Crippen molar-refractivity contribution >= 4 is 12.8 Å². The summed E-state index contributed by atoms with van der Waals surface area (Å²) in [6.07, 6.45) is 3.62. The van der Waals surface area contributed by atoms with Crippen molar-refractivity contribution in [2.45, 2.75) is 0 Å². The Morgan fingerprint density at radius 3 is 1.50 bits per heavy atom. The topological polar surface area (TPSA) is 58.2 Å². The Morgan fingerprint density at radius 1 is 0.875 bits per heavy atom. The molecule has 0 aromatic rings. The average molecular weight is 114 g/mol. The number of hydrogen-bond donors (Lipinski definition) is 2. The van der Waals surface area contributed by atoms with Crippen molar-refractivity contribution in [3.8, 4) is 0 Å². The van der Waals surface area contributed by atoms with Crippen LogP contribution in [0.5, 0.6) is 0 Å². The molecule has 2 amide bonds. The van der Waals surface area contributed by atoms with E-state index in [0.717, 1.165) is 0 Å². The van der Waals surface area contributed by atoms with Crippen molar-refractivity contribution < 1.29 is 9.59 Å². The normalized spacial score (nSPS) is 8.50. The molecule has 0 aromatic heterocycles. The fourth-order valence-corrected chi connectivity index (χ4v) is 0.175. The van der Waals surface area contributed by atoms with Crippen LogP contribution in [-0.4, -0.2) is 12.8 Å². The number of rotatable bonds is 4. The number of amides is 2. The van der Waals surface area contributed by atoms with Crippen molar-refractivity contribution in [2.24, 2.45) is 0 Å². The molecule has 4 nitrogen and oxygen atoms in total. The molecule has 0 bridgehead atoms. The second kappa shape index (κ2) is 5.68. The summed E-state index contributed by atoms with van der Waals surface area (Å²) in [7, 11) is 0. The Labute approximate surface area is 46.6 Å². The second-order valence-electron chi connectivity index (χ2n) is 0.902. The Kier molecular flexibility index (Phi) is 4.74. The molecule has 44 valence electrons. The molecular weight excluding hydrogens is 108 g/mol. The zero-order valence-electron chi connectivity index (χ0n) is 4.13. The second-order valence-corrected chi connectivity index (χ2v) is 0.902. The van der Waals surface area contributed by atoms with Crippen LogP contribution in [0.15, 0.2) is 12.4 Å². The van der Waals surface area contributed by atoms with Gasteiger partial charge in [0.25, 0.3) is 0 Å². The number of carbonyl (C=O) groups excluding carboxylic acids is 2. The molecule has 0 aromatic carbocycles. The lowest BCUT2D eigenvalue weighted by Crippen LogP contribution is -2.04. The fraction of sp³-hybridized carbons (Fsp3) is 0. The first-order chi connectivity index (χ1) is 3.91. The smallest absolute Gasteiger partial charge is 0.211 e. The van der Waals surface area contributed by atoms with Gasteiger partial charge in [-0.2, -0.15) is 0 Å². The molecule has 0 rings (SSSR count). The molecule has 0 saturated carbocycles. The van der Waals surface area contributed by atoms with Crippen LogP contribution in [0.1, 0.15) is 0 Å². The highest BCUT2D eigenvalue weighted by Crippen LogP contribution is 1.51. The highest BCUT2D eigenvalue weighted by Gasteiger charge is 1.64. The lowest BCUT2D eigenvalue weighted by Gasteiger charge is -1.81. The predicted molar refractivity (Wildman–Crippen MR) is 27.5 cm³/mol. The van der Waals surface area contributed by atoms with Gasteiger partial charge in [-0.05, 0) is 0 Å². The lowest BCUT2D eigenvalue weighted by atomic mass is 10.9. The maximum absolute atomic E-state index is 9.49. The number of carbonyl (C=O) groups is 2. The van der Waals surface area contributed by atoms with Gasteiger partial charge in [0.15, 0.2) is 0 Å². The van der Waals surface area contributed by atoms with Crippen molar-refractivity contribution in [2.75, 3.05) is 0 Å². The lowest BCUT2D eigenvalue weighted by molar-refractivity contribution is -0.109. The fourth-order valence-electron chi connectivity index (χ4n) is 0.175. The van der Waals surface area contributed by atoms with Gasteiger partial charge in [-0.25, -0.2) is 0 Å². The molecule has 0 heterocycles. The first-order valence-corrected chi connectivity index (χ1v) is 1.96. The van der Waals surface area contributed by atoms with Gasteiger partial charge >= 0.3 is 0 Å². The van der Waals surface area contributed by atoms with Gasteiger partial charge in [-0.15, -0.1) is 0 Å². The molecule has 0 aliphatic heterocycles. The van der Waals surface area contributed by atoms with E-state index in [4.69, 9.17) is 0 Å². The summed E-state index contributed by atoms with van der Waals surface area (Å²) in [5.74, 6) is 0. The van der Waals surface area contributed by atoms with E-state index in [1.807, 2.05) is 0 Å². The number of nitrogens with one attached hydrogen (secondary N) is 2. The van der Waals surface area contributed by atoms with E-state index in [9.17, 15) is 9.59 Å². The third-order valence-electron chi connectivity index (χ3n) is 0.412. The van der Waals surface area contributed by atoms with E-state index in [-0.39, 0.29) is 0 Å². The van der Waals surface area contributed by atoms with Gasteiger partial charge < -0.3 is 10.6 Å². The molecule has 0 radical (unpaired) electrons. The van der Waals surface area contributed by atoms with Gasteiger partial charge in [0.2, 0.25) is 12.8 Å². The van der Waals surface area contributed by atoms with Gasteiger partial charge in [0, 0.05) is 12.4 Å². The minimum absolute atomic E-state index is 0.503. The van der Waals surface area contributed by atoms with Gasteiger partial charge in [-0.3, -0.25) is 9.59 Å². The molecule has 0 unspecified atom stereocenters. The molecule has 0 fully saturated rings. The van der Waals surface area contributed by atoms with Crippen LogP contribution >= 0.6 is 0 Å². The third kappa shape index (κ3) is 4.68. The highest BCUT2D eigenvalue weighted by molar-refractivity contribution is 5.50. The standard InChI is InChI=1S/C4H6N2O2/c7-3-5-1-2-6-4-8/h1-4H,(H,5,7)(H,6,8)/b2-1-. The molecule has 0 saturated heterocycles. The van der Waals surface area contributed by atoms with Crippen LogP contribution in [-0.2, 0) is 9.59 Å². The van der Waals surface area contributed by atoms with Crippen LogP contribution in [0.3, 0.4) is 0 Å². The van der Waals surface area contributed by atoms with Crippen molar-refractivity contribution in [3.63, 3.8) is 0 Å². The van der Waals surface area contributed by atoms with E-state index >= 15 is 0 Å². The van der Waals surface area contributed by atoms with Gasteiger partial charge in [-0.1, -0.05) is 0 Å². The molecule has 2 N–H and O–H groups in total. The summed E-state index contributed by atoms with van der Waals surface area (Å²) >= 11 is 0. The molecular formula is C4H6N2O2. The quantitative estimate of drug-likeness (QED) is 0.458. The summed E-state index contributed by atoms with van der Waals surface area (Å²) in [6, 6.07) is 0. The third-order valence-corrected chi connectivity index (χ3v) is 0.412. The maximum Gasteiger partial charge on any atom is 0.211 e.